The normalized spacial score (nSPS) is 10.9. The van der Waals surface area contributed by atoms with Crippen LogP contribution in [0.2, 0.25) is 0 Å². The molecule has 0 aliphatic rings. The number of aromatic hydroxyl groups is 2. The maximum atomic E-state index is 9.68. The van der Waals surface area contributed by atoms with E-state index < -0.39 is 0 Å². The predicted molar refractivity (Wildman–Crippen MR) is 95.1 cm³/mol. The number of nitrogens with zero attached hydrogens (tertiary/aromatic N) is 2. The van der Waals surface area contributed by atoms with Crippen molar-refractivity contribution in [2.75, 3.05) is 12.5 Å². The molecular weight excluding hydrogens is 326 g/mol. The summed E-state index contributed by atoms with van der Waals surface area (Å²) in [6.07, 6.45) is 1.46. The first-order valence-corrected chi connectivity index (χ1v) is 7.94. The number of nitrogens with one attached hydrogen (secondary N) is 1. The van der Waals surface area contributed by atoms with Crippen LogP contribution < -0.4 is 10.2 Å². The SMILES string of the molecule is COc1ccc(-c2csc(N/N=C\c3ccc(O)cc3O)n2)cc1. The monoisotopic (exact) mass is 341 g/mol. The van der Waals surface area contributed by atoms with Crippen molar-refractivity contribution in [3.63, 3.8) is 0 Å². The molecule has 122 valence electrons. The van der Waals surface area contributed by atoms with Gasteiger partial charge in [-0.3, -0.25) is 5.43 Å². The van der Waals surface area contributed by atoms with Gasteiger partial charge >= 0.3 is 0 Å². The molecule has 3 rings (SSSR count). The molecule has 1 heterocycles. The second-order valence-corrected chi connectivity index (χ2v) is 5.74. The first-order valence-electron chi connectivity index (χ1n) is 7.07. The molecule has 3 aromatic rings. The number of phenolic OH excluding ortho intramolecular Hbond substituents is 2. The highest BCUT2D eigenvalue weighted by atomic mass is 32.1. The molecule has 0 atom stereocenters. The minimum absolute atomic E-state index is 0.00154. The lowest BCUT2D eigenvalue weighted by atomic mass is 10.2. The van der Waals surface area contributed by atoms with Crippen LogP contribution in [0.1, 0.15) is 5.56 Å². The number of aromatic nitrogens is 1. The Kier molecular flexibility index (Phi) is 4.62. The number of hydrazone groups is 1. The molecule has 0 saturated carbocycles. The summed E-state index contributed by atoms with van der Waals surface area (Å²) in [5.41, 5.74) is 5.15. The predicted octanol–water partition coefficient (Wildman–Crippen LogP) is 3.68. The second-order valence-electron chi connectivity index (χ2n) is 4.88. The lowest BCUT2D eigenvalue weighted by Gasteiger charge is -2.00. The number of rotatable bonds is 5. The summed E-state index contributed by atoms with van der Waals surface area (Å²) in [6, 6.07) is 11.9. The molecule has 1 aromatic heterocycles. The Morgan fingerprint density at radius 3 is 2.67 bits per heavy atom. The Morgan fingerprint density at radius 1 is 1.17 bits per heavy atom. The summed E-state index contributed by atoms with van der Waals surface area (Å²) in [6.45, 7) is 0. The van der Waals surface area contributed by atoms with Gasteiger partial charge in [-0.15, -0.1) is 11.3 Å². The van der Waals surface area contributed by atoms with E-state index in [4.69, 9.17) is 4.74 Å². The summed E-state index contributed by atoms with van der Waals surface area (Å²) in [5.74, 6) is 0.755. The number of anilines is 1. The highest BCUT2D eigenvalue weighted by molar-refractivity contribution is 7.14. The van der Waals surface area contributed by atoms with Gasteiger partial charge in [0.1, 0.15) is 17.2 Å². The number of methoxy groups -OCH3 is 1. The van der Waals surface area contributed by atoms with Crippen molar-refractivity contribution < 1.29 is 14.9 Å². The third kappa shape index (κ3) is 3.64. The third-order valence-corrected chi connectivity index (χ3v) is 4.01. The molecule has 2 aromatic carbocycles. The fourth-order valence-corrected chi connectivity index (χ4v) is 2.69. The second kappa shape index (κ2) is 7.01. The molecule has 0 saturated heterocycles. The molecule has 0 aliphatic heterocycles. The minimum atomic E-state index is -0.0430. The Bertz CT molecular complexity index is 860. The Hall–Kier alpha value is -3.06. The average molecular weight is 341 g/mol. The fraction of sp³-hybridized carbons (Fsp3) is 0.0588. The van der Waals surface area contributed by atoms with E-state index in [2.05, 4.69) is 15.5 Å². The number of hydrogen-bond donors (Lipinski definition) is 3. The molecular formula is C17H15N3O3S. The van der Waals surface area contributed by atoms with Crippen molar-refractivity contribution in [3.05, 3.63) is 53.4 Å². The lowest BCUT2D eigenvalue weighted by molar-refractivity contribution is 0.415. The van der Waals surface area contributed by atoms with Crippen molar-refractivity contribution in [1.29, 1.82) is 0 Å². The first-order chi connectivity index (χ1) is 11.7. The van der Waals surface area contributed by atoms with Gasteiger partial charge in [0.2, 0.25) is 5.13 Å². The largest absolute Gasteiger partial charge is 0.508 e. The topological polar surface area (TPSA) is 87.0 Å². The van der Waals surface area contributed by atoms with Crippen LogP contribution >= 0.6 is 11.3 Å². The van der Waals surface area contributed by atoms with Crippen LogP contribution in [0, 0.1) is 0 Å². The van der Waals surface area contributed by atoms with Crippen LogP contribution in [-0.2, 0) is 0 Å². The molecule has 0 radical (unpaired) electrons. The highest BCUT2D eigenvalue weighted by Crippen LogP contribution is 2.26. The Balaban J connectivity index is 1.68. The number of benzene rings is 2. The van der Waals surface area contributed by atoms with E-state index >= 15 is 0 Å². The minimum Gasteiger partial charge on any atom is -0.508 e. The van der Waals surface area contributed by atoms with Crippen LogP contribution in [-0.4, -0.2) is 28.5 Å². The van der Waals surface area contributed by atoms with E-state index in [1.54, 1.807) is 13.2 Å². The van der Waals surface area contributed by atoms with E-state index in [0.717, 1.165) is 17.0 Å². The summed E-state index contributed by atoms with van der Waals surface area (Å²) in [7, 11) is 1.63. The lowest BCUT2D eigenvalue weighted by Crippen LogP contribution is -1.90. The maximum absolute atomic E-state index is 9.68. The summed E-state index contributed by atoms with van der Waals surface area (Å²) in [5, 5.41) is 25.5. The standard InChI is InChI=1S/C17H15N3O3S/c1-23-14-6-3-11(4-7-14)15-10-24-17(19-15)20-18-9-12-2-5-13(21)8-16(12)22/h2-10,21-22H,1H3,(H,19,20)/b18-9-. The van der Waals surface area contributed by atoms with Gasteiger partial charge in [-0.2, -0.15) is 5.10 Å². The van der Waals surface area contributed by atoms with Crippen molar-refractivity contribution in [3.8, 4) is 28.5 Å². The van der Waals surface area contributed by atoms with Gasteiger partial charge in [0.25, 0.3) is 0 Å². The van der Waals surface area contributed by atoms with Crippen LogP contribution in [0.3, 0.4) is 0 Å². The van der Waals surface area contributed by atoms with Gasteiger partial charge in [0.15, 0.2) is 0 Å². The van der Waals surface area contributed by atoms with E-state index in [9.17, 15) is 10.2 Å². The number of hydrogen-bond acceptors (Lipinski definition) is 7. The quantitative estimate of drug-likeness (QED) is 0.487. The molecule has 6 nitrogen and oxygen atoms in total. The van der Waals surface area contributed by atoms with E-state index in [-0.39, 0.29) is 11.5 Å². The molecule has 0 unspecified atom stereocenters. The van der Waals surface area contributed by atoms with Gasteiger partial charge in [-0.25, -0.2) is 4.98 Å². The summed E-state index contributed by atoms with van der Waals surface area (Å²) < 4.78 is 5.14. The molecule has 3 N–H and O–H groups in total. The maximum Gasteiger partial charge on any atom is 0.203 e. The molecule has 0 aliphatic carbocycles. The van der Waals surface area contributed by atoms with Crippen molar-refractivity contribution in [2.45, 2.75) is 0 Å². The molecule has 7 heteroatoms. The van der Waals surface area contributed by atoms with Crippen molar-refractivity contribution in [1.82, 2.24) is 4.98 Å². The first kappa shape index (κ1) is 15.8. The number of ether oxygens (including phenoxy) is 1. The summed E-state index contributed by atoms with van der Waals surface area (Å²) >= 11 is 1.43. The van der Waals surface area contributed by atoms with Crippen LogP contribution in [0.4, 0.5) is 5.13 Å². The van der Waals surface area contributed by atoms with Crippen LogP contribution in [0.25, 0.3) is 11.3 Å². The molecule has 0 amide bonds. The fourth-order valence-electron chi connectivity index (χ4n) is 2.02. The van der Waals surface area contributed by atoms with Crippen LogP contribution in [0.5, 0.6) is 17.2 Å². The molecule has 0 spiro atoms. The molecule has 0 fully saturated rings. The Morgan fingerprint density at radius 2 is 1.96 bits per heavy atom. The van der Waals surface area contributed by atoms with E-state index in [1.807, 2.05) is 29.6 Å². The van der Waals surface area contributed by atoms with Crippen LogP contribution in [0.15, 0.2) is 52.9 Å². The average Bonchev–Trinajstić information content (AvgIpc) is 3.06. The van der Waals surface area contributed by atoms with Gasteiger partial charge in [-0.1, -0.05) is 0 Å². The third-order valence-electron chi connectivity index (χ3n) is 3.27. The molecule has 24 heavy (non-hydrogen) atoms. The summed E-state index contributed by atoms with van der Waals surface area (Å²) in [4.78, 5) is 4.45. The number of thiazole rings is 1. The zero-order valence-corrected chi connectivity index (χ0v) is 13.6. The van der Waals surface area contributed by atoms with Crippen molar-refractivity contribution >= 4 is 22.7 Å². The van der Waals surface area contributed by atoms with Crippen molar-refractivity contribution in [2.24, 2.45) is 5.10 Å². The van der Waals surface area contributed by atoms with Gasteiger partial charge in [0, 0.05) is 22.6 Å². The van der Waals surface area contributed by atoms with E-state index in [0.29, 0.717) is 10.7 Å². The highest BCUT2D eigenvalue weighted by Gasteiger charge is 2.04. The van der Waals surface area contributed by atoms with E-state index in [1.165, 1.54) is 29.7 Å². The van der Waals surface area contributed by atoms with Gasteiger partial charge < -0.3 is 14.9 Å². The zero-order valence-electron chi connectivity index (χ0n) is 12.8. The van der Waals surface area contributed by atoms with Gasteiger partial charge in [-0.05, 0) is 36.4 Å². The smallest absolute Gasteiger partial charge is 0.203 e. The Labute approximate surface area is 142 Å². The number of phenols is 2. The van der Waals surface area contributed by atoms with Gasteiger partial charge in [0.05, 0.1) is 19.0 Å². The molecule has 0 bridgehead atoms. The zero-order chi connectivity index (χ0) is 16.9.